The molecule has 0 aliphatic heterocycles. The van der Waals surface area contributed by atoms with E-state index < -0.39 is 0 Å². The number of rotatable bonds is 9. The first-order valence-electron chi connectivity index (χ1n) is 9.35. The predicted octanol–water partition coefficient (Wildman–Crippen LogP) is 2.95. The number of nitrogens with one attached hydrogen (secondary N) is 1. The predicted molar refractivity (Wildman–Crippen MR) is 116 cm³/mol. The highest BCUT2D eigenvalue weighted by molar-refractivity contribution is 7.99. The minimum Gasteiger partial charge on any atom is -0.300 e. The van der Waals surface area contributed by atoms with Crippen molar-refractivity contribution in [2.45, 2.75) is 32.0 Å². The first kappa shape index (κ1) is 21.4. The first-order valence-corrected chi connectivity index (χ1v) is 10.3. The zero-order valence-electron chi connectivity index (χ0n) is 16.8. The Balaban J connectivity index is 1.75. The standard InChI is InChI=1S/C21H22N6O2S/c1-15(12-16(2)28)23-24-19(29)14-30-21-26-25-20(18-10-6-7-11-22-18)27(21)13-17-8-4-3-5-9-17/h3-11H,12-14H2,1-2H3,(H,24,29)/b23-15-. The first-order chi connectivity index (χ1) is 14.5. The van der Waals surface area contributed by atoms with Gasteiger partial charge < -0.3 is 0 Å². The van der Waals surface area contributed by atoms with Crippen LogP contribution in [0.4, 0.5) is 0 Å². The van der Waals surface area contributed by atoms with Crippen molar-refractivity contribution in [3.63, 3.8) is 0 Å². The lowest BCUT2D eigenvalue weighted by molar-refractivity contribution is -0.119. The van der Waals surface area contributed by atoms with Crippen molar-refractivity contribution >= 4 is 29.2 Å². The number of hydrogen-bond donors (Lipinski definition) is 1. The molecule has 9 heteroatoms. The van der Waals surface area contributed by atoms with Gasteiger partial charge in [-0.15, -0.1) is 10.2 Å². The molecule has 1 N–H and O–H groups in total. The Kier molecular flexibility index (Phi) is 7.45. The Bertz CT molecular complexity index is 1030. The molecule has 0 saturated carbocycles. The van der Waals surface area contributed by atoms with Crippen molar-refractivity contribution in [1.82, 2.24) is 25.2 Å². The molecule has 3 aromatic rings. The second-order valence-electron chi connectivity index (χ2n) is 6.64. The van der Waals surface area contributed by atoms with Crippen LogP contribution in [0, 0.1) is 0 Å². The molecule has 0 aliphatic carbocycles. The summed E-state index contributed by atoms with van der Waals surface area (Å²) in [6.45, 7) is 3.74. The second-order valence-corrected chi connectivity index (χ2v) is 7.58. The van der Waals surface area contributed by atoms with E-state index in [0.717, 1.165) is 5.56 Å². The molecule has 1 aromatic carbocycles. The van der Waals surface area contributed by atoms with Crippen molar-refractivity contribution in [2.75, 3.05) is 5.75 Å². The van der Waals surface area contributed by atoms with Crippen LogP contribution in [-0.4, -0.2) is 42.9 Å². The van der Waals surface area contributed by atoms with E-state index in [1.807, 2.05) is 53.1 Å². The number of carbonyl (C=O) groups is 2. The smallest absolute Gasteiger partial charge is 0.250 e. The molecule has 8 nitrogen and oxygen atoms in total. The second kappa shape index (κ2) is 10.4. The topological polar surface area (TPSA) is 102 Å². The van der Waals surface area contributed by atoms with Crippen LogP contribution in [0.25, 0.3) is 11.5 Å². The lowest BCUT2D eigenvalue weighted by Gasteiger charge is -2.10. The molecule has 0 unspecified atom stereocenters. The molecule has 0 radical (unpaired) electrons. The Morgan fingerprint density at radius 3 is 2.53 bits per heavy atom. The normalized spacial score (nSPS) is 11.3. The molecule has 0 atom stereocenters. The number of ketones is 1. The Morgan fingerprint density at radius 1 is 1.07 bits per heavy atom. The maximum Gasteiger partial charge on any atom is 0.250 e. The molecule has 0 spiro atoms. The van der Waals surface area contributed by atoms with E-state index in [2.05, 4.69) is 25.7 Å². The van der Waals surface area contributed by atoms with Gasteiger partial charge in [0.15, 0.2) is 11.0 Å². The molecule has 3 rings (SSSR count). The van der Waals surface area contributed by atoms with Gasteiger partial charge in [0, 0.05) is 18.3 Å². The van der Waals surface area contributed by atoms with Crippen molar-refractivity contribution in [3.05, 3.63) is 60.3 Å². The Hall–Kier alpha value is -3.33. The molecule has 0 saturated heterocycles. The number of benzene rings is 1. The maximum absolute atomic E-state index is 12.2. The average Bonchev–Trinajstić information content (AvgIpc) is 3.14. The van der Waals surface area contributed by atoms with Crippen LogP contribution in [0.1, 0.15) is 25.8 Å². The molecule has 0 bridgehead atoms. The monoisotopic (exact) mass is 422 g/mol. The van der Waals surface area contributed by atoms with Gasteiger partial charge in [-0.3, -0.25) is 19.1 Å². The highest BCUT2D eigenvalue weighted by atomic mass is 32.2. The lowest BCUT2D eigenvalue weighted by Crippen LogP contribution is -2.21. The fourth-order valence-corrected chi connectivity index (χ4v) is 3.44. The van der Waals surface area contributed by atoms with Crippen molar-refractivity contribution in [3.8, 4) is 11.5 Å². The van der Waals surface area contributed by atoms with E-state index in [1.54, 1.807) is 13.1 Å². The molecule has 30 heavy (non-hydrogen) atoms. The number of nitrogens with zero attached hydrogens (tertiary/aromatic N) is 5. The van der Waals surface area contributed by atoms with Gasteiger partial charge in [-0.1, -0.05) is 48.2 Å². The van der Waals surface area contributed by atoms with Gasteiger partial charge in [-0.05, 0) is 31.5 Å². The van der Waals surface area contributed by atoms with E-state index in [-0.39, 0.29) is 23.9 Å². The van der Waals surface area contributed by atoms with E-state index in [9.17, 15) is 9.59 Å². The summed E-state index contributed by atoms with van der Waals surface area (Å²) in [5.41, 5.74) is 4.83. The van der Waals surface area contributed by atoms with Gasteiger partial charge in [0.05, 0.1) is 12.3 Å². The SMILES string of the molecule is CC(=O)C/C(C)=N\NC(=O)CSc1nnc(-c2ccccn2)n1Cc1ccccc1. The number of hydrazone groups is 1. The van der Waals surface area contributed by atoms with Crippen LogP contribution < -0.4 is 5.43 Å². The van der Waals surface area contributed by atoms with Crippen LogP contribution in [0.3, 0.4) is 0 Å². The van der Waals surface area contributed by atoms with Crippen LogP contribution in [0.5, 0.6) is 0 Å². The molecule has 1 amide bonds. The molecule has 154 valence electrons. The number of aromatic nitrogens is 4. The average molecular weight is 423 g/mol. The summed E-state index contributed by atoms with van der Waals surface area (Å²) in [5, 5.41) is 13.1. The summed E-state index contributed by atoms with van der Waals surface area (Å²) < 4.78 is 1.94. The van der Waals surface area contributed by atoms with Crippen molar-refractivity contribution in [2.24, 2.45) is 5.10 Å². The third-order valence-corrected chi connectivity index (χ3v) is 4.97. The molecular weight excluding hydrogens is 400 g/mol. The summed E-state index contributed by atoms with van der Waals surface area (Å²) in [5.74, 6) is 0.469. The van der Waals surface area contributed by atoms with Gasteiger partial charge in [0.25, 0.3) is 5.91 Å². The summed E-state index contributed by atoms with van der Waals surface area (Å²) in [6, 6.07) is 15.6. The zero-order chi connectivity index (χ0) is 21.3. The number of carbonyl (C=O) groups excluding carboxylic acids is 2. The van der Waals surface area contributed by atoms with E-state index >= 15 is 0 Å². The van der Waals surface area contributed by atoms with Crippen molar-refractivity contribution in [1.29, 1.82) is 0 Å². The number of amides is 1. The van der Waals surface area contributed by atoms with E-state index in [4.69, 9.17) is 0 Å². The Labute approximate surface area is 178 Å². The quantitative estimate of drug-likeness (QED) is 0.323. The zero-order valence-corrected chi connectivity index (χ0v) is 17.6. The fourth-order valence-electron chi connectivity index (χ4n) is 2.71. The highest BCUT2D eigenvalue weighted by Gasteiger charge is 2.16. The number of pyridine rings is 1. The molecule has 2 aromatic heterocycles. The number of Topliss-reactive ketones (excluding diaryl/α,β-unsaturated/α-hetero) is 1. The van der Waals surface area contributed by atoms with E-state index in [0.29, 0.717) is 28.9 Å². The summed E-state index contributed by atoms with van der Waals surface area (Å²) in [6.07, 6.45) is 1.92. The lowest BCUT2D eigenvalue weighted by atomic mass is 10.2. The van der Waals surface area contributed by atoms with Gasteiger partial charge in [0.1, 0.15) is 11.5 Å². The molecule has 2 heterocycles. The van der Waals surface area contributed by atoms with Gasteiger partial charge in [-0.2, -0.15) is 5.10 Å². The van der Waals surface area contributed by atoms with Gasteiger partial charge in [0.2, 0.25) is 0 Å². The fraction of sp³-hybridized carbons (Fsp3) is 0.238. The summed E-state index contributed by atoms with van der Waals surface area (Å²) in [4.78, 5) is 27.6. The van der Waals surface area contributed by atoms with Crippen LogP contribution >= 0.6 is 11.8 Å². The number of hydrogen-bond acceptors (Lipinski definition) is 7. The van der Waals surface area contributed by atoms with E-state index in [1.165, 1.54) is 18.7 Å². The van der Waals surface area contributed by atoms with Crippen LogP contribution in [0.2, 0.25) is 0 Å². The highest BCUT2D eigenvalue weighted by Crippen LogP contribution is 2.24. The summed E-state index contributed by atoms with van der Waals surface area (Å²) in [7, 11) is 0. The van der Waals surface area contributed by atoms with Crippen LogP contribution in [-0.2, 0) is 16.1 Å². The third-order valence-electron chi connectivity index (χ3n) is 4.00. The third kappa shape index (κ3) is 6.08. The summed E-state index contributed by atoms with van der Waals surface area (Å²) >= 11 is 1.27. The van der Waals surface area contributed by atoms with Gasteiger partial charge in [-0.25, -0.2) is 5.43 Å². The maximum atomic E-state index is 12.2. The minimum absolute atomic E-state index is 0.00376. The van der Waals surface area contributed by atoms with Gasteiger partial charge >= 0.3 is 0 Å². The Morgan fingerprint density at radius 2 is 1.83 bits per heavy atom. The minimum atomic E-state index is -0.281. The molecular formula is C21H22N6O2S. The molecule has 0 fully saturated rings. The number of thioether (sulfide) groups is 1. The van der Waals surface area contributed by atoms with Crippen LogP contribution in [0.15, 0.2) is 65.0 Å². The largest absolute Gasteiger partial charge is 0.300 e. The van der Waals surface area contributed by atoms with Crippen molar-refractivity contribution < 1.29 is 9.59 Å². The molecule has 0 aliphatic rings.